The molecule has 7 heteroatoms. The van der Waals surface area contributed by atoms with E-state index in [1.807, 2.05) is 49.6 Å². The number of rotatable bonds is 4. The van der Waals surface area contributed by atoms with Crippen LogP contribution in [0.15, 0.2) is 54.9 Å². The molecule has 0 fully saturated rings. The normalized spacial score (nSPS) is 14.0. The summed E-state index contributed by atoms with van der Waals surface area (Å²) in [5, 5.41) is 7.28. The van der Waals surface area contributed by atoms with E-state index in [-0.39, 0.29) is 6.04 Å². The molecule has 0 saturated heterocycles. The quantitative estimate of drug-likeness (QED) is 0.572. The van der Waals surface area contributed by atoms with Crippen LogP contribution < -0.4 is 9.47 Å². The van der Waals surface area contributed by atoms with Gasteiger partial charge in [0.2, 0.25) is 0 Å². The molecular formula is C22H21N5O2. The standard InChI is InChI=1S/C22H21N5O2/c1-14(22-24-15(2)25-26-22)27-13-23-20(16-6-4-3-5-7-16)21(27)17-8-9-18-19(12-17)29-11-10-28-18/h3-9,12-14H,10-11H2,1-2H3,(H,24,25,26). The SMILES string of the molecule is Cc1nc(C(C)n2cnc(-c3ccccc3)c2-c2ccc3c(c2)OCCO3)n[nH]1. The molecule has 0 spiro atoms. The minimum atomic E-state index is -0.0897. The van der Waals surface area contributed by atoms with Gasteiger partial charge in [-0.15, -0.1) is 0 Å². The molecule has 0 bridgehead atoms. The van der Waals surface area contributed by atoms with Crippen molar-refractivity contribution in [2.75, 3.05) is 13.2 Å². The summed E-state index contributed by atoms with van der Waals surface area (Å²) in [5.74, 6) is 3.03. The highest BCUT2D eigenvalue weighted by Crippen LogP contribution is 2.39. The largest absolute Gasteiger partial charge is 0.486 e. The number of aryl methyl sites for hydroxylation is 1. The Morgan fingerprint density at radius 1 is 1.00 bits per heavy atom. The second-order valence-electron chi connectivity index (χ2n) is 7.03. The number of aromatic nitrogens is 5. The molecule has 0 aliphatic carbocycles. The Morgan fingerprint density at radius 3 is 2.55 bits per heavy atom. The van der Waals surface area contributed by atoms with Crippen LogP contribution in [0.2, 0.25) is 0 Å². The van der Waals surface area contributed by atoms with Gasteiger partial charge < -0.3 is 14.0 Å². The summed E-state index contributed by atoms with van der Waals surface area (Å²) in [6.45, 7) is 5.09. The summed E-state index contributed by atoms with van der Waals surface area (Å²) in [5.41, 5.74) is 3.95. The highest BCUT2D eigenvalue weighted by Gasteiger charge is 2.23. The maximum absolute atomic E-state index is 5.81. The van der Waals surface area contributed by atoms with Crippen molar-refractivity contribution in [2.45, 2.75) is 19.9 Å². The molecule has 1 N–H and O–H groups in total. The summed E-state index contributed by atoms with van der Waals surface area (Å²) in [7, 11) is 0. The van der Waals surface area contributed by atoms with Crippen molar-refractivity contribution in [1.82, 2.24) is 24.7 Å². The molecule has 29 heavy (non-hydrogen) atoms. The van der Waals surface area contributed by atoms with E-state index >= 15 is 0 Å². The number of H-pyrrole nitrogens is 1. The van der Waals surface area contributed by atoms with Crippen molar-refractivity contribution in [3.63, 3.8) is 0 Å². The van der Waals surface area contributed by atoms with Crippen LogP contribution in [0.3, 0.4) is 0 Å². The molecule has 1 atom stereocenters. The van der Waals surface area contributed by atoms with E-state index in [0.29, 0.717) is 13.2 Å². The van der Waals surface area contributed by atoms with Crippen molar-refractivity contribution in [3.8, 4) is 34.0 Å². The molecule has 0 radical (unpaired) electrons. The van der Waals surface area contributed by atoms with Crippen molar-refractivity contribution >= 4 is 0 Å². The zero-order valence-electron chi connectivity index (χ0n) is 16.3. The molecule has 0 amide bonds. The Labute approximate surface area is 168 Å². The van der Waals surface area contributed by atoms with Gasteiger partial charge in [0.05, 0.1) is 23.8 Å². The Hall–Kier alpha value is -3.61. The van der Waals surface area contributed by atoms with Crippen LogP contribution in [0.5, 0.6) is 11.5 Å². The molecular weight excluding hydrogens is 366 g/mol. The molecule has 146 valence electrons. The first-order valence-corrected chi connectivity index (χ1v) is 9.62. The van der Waals surface area contributed by atoms with E-state index in [9.17, 15) is 0 Å². The fraction of sp³-hybridized carbons (Fsp3) is 0.227. The predicted molar refractivity (Wildman–Crippen MR) is 109 cm³/mol. The van der Waals surface area contributed by atoms with E-state index in [2.05, 4.69) is 38.8 Å². The van der Waals surface area contributed by atoms with Crippen LogP contribution in [-0.2, 0) is 0 Å². The van der Waals surface area contributed by atoms with Crippen molar-refractivity contribution in [3.05, 3.63) is 66.5 Å². The van der Waals surface area contributed by atoms with Crippen LogP contribution >= 0.6 is 0 Å². The average molecular weight is 387 g/mol. The second-order valence-corrected chi connectivity index (χ2v) is 7.03. The minimum absolute atomic E-state index is 0.0897. The molecule has 7 nitrogen and oxygen atoms in total. The molecule has 1 unspecified atom stereocenters. The first kappa shape index (κ1) is 17.5. The molecule has 4 aromatic rings. The van der Waals surface area contributed by atoms with Crippen molar-refractivity contribution in [2.24, 2.45) is 0 Å². The van der Waals surface area contributed by atoms with Gasteiger partial charge >= 0.3 is 0 Å². The Balaban J connectivity index is 1.68. The van der Waals surface area contributed by atoms with Crippen LogP contribution in [-0.4, -0.2) is 37.9 Å². The highest BCUT2D eigenvalue weighted by molar-refractivity contribution is 5.80. The average Bonchev–Trinajstić information content (AvgIpc) is 3.40. The minimum Gasteiger partial charge on any atom is -0.486 e. The van der Waals surface area contributed by atoms with Gasteiger partial charge in [0.25, 0.3) is 0 Å². The highest BCUT2D eigenvalue weighted by atomic mass is 16.6. The number of benzene rings is 2. The summed E-state index contributed by atoms with van der Waals surface area (Å²) < 4.78 is 13.6. The number of hydrogen-bond donors (Lipinski definition) is 1. The number of ether oxygens (including phenoxy) is 2. The fourth-order valence-electron chi connectivity index (χ4n) is 3.61. The Kier molecular flexibility index (Phi) is 4.27. The number of aromatic amines is 1. The van der Waals surface area contributed by atoms with Crippen LogP contribution in [0.1, 0.15) is 24.6 Å². The summed E-state index contributed by atoms with van der Waals surface area (Å²) in [6.07, 6.45) is 1.85. The lowest BCUT2D eigenvalue weighted by Crippen LogP contribution is -2.15. The maximum Gasteiger partial charge on any atom is 0.173 e. The van der Waals surface area contributed by atoms with Crippen molar-refractivity contribution < 1.29 is 9.47 Å². The van der Waals surface area contributed by atoms with Gasteiger partial charge in [-0.25, -0.2) is 9.97 Å². The first-order chi connectivity index (χ1) is 14.2. The summed E-state index contributed by atoms with van der Waals surface area (Å²) in [4.78, 5) is 9.27. The number of fused-ring (bicyclic) bond motifs is 1. The molecule has 1 aliphatic heterocycles. The van der Waals surface area contributed by atoms with Gasteiger partial charge in [-0.3, -0.25) is 5.10 Å². The molecule has 2 aromatic carbocycles. The van der Waals surface area contributed by atoms with Crippen molar-refractivity contribution in [1.29, 1.82) is 0 Å². The third kappa shape index (κ3) is 3.14. The first-order valence-electron chi connectivity index (χ1n) is 9.62. The van der Waals surface area contributed by atoms with E-state index in [0.717, 1.165) is 45.7 Å². The third-order valence-corrected chi connectivity index (χ3v) is 5.06. The zero-order chi connectivity index (χ0) is 19.8. The number of hydrogen-bond acceptors (Lipinski definition) is 5. The molecule has 0 saturated carbocycles. The Morgan fingerprint density at radius 2 is 1.79 bits per heavy atom. The van der Waals surface area contributed by atoms with E-state index in [1.54, 1.807) is 0 Å². The zero-order valence-corrected chi connectivity index (χ0v) is 16.3. The lowest BCUT2D eigenvalue weighted by Gasteiger charge is -2.20. The second kappa shape index (κ2) is 7.09. The van der Waals surface area contributed by atoms with Gasteiger partial charge in [0.15, 0.2) is 17.3 Å². The molecule has 3 heterocycles. The Bertz CT molecular complexity index is 1150. The molecule has 1 aliphatic rings. The summed E-state index contributed by atoms with van der Waals surface area (Å²) in [6, 6.07) is 16.1. The van der Waals surface area contributed by atoms with E-state index < -0.39 is 0 Å². The summed E-state index contributed by atoms with van der Waals surface area (Å²) >= 11 is 0. The topological polar surface area (TPSA) is 77.8 Å². The smallest absolute Gasteiger partial charge is 0.173 e. The van der Waals surface area contributed by atoms with Crippen LogP contribution in [0, 0.1) is 6.92 Å². The maximum atomic E-state index is 5.81. The van der Waals surface area contributed by atoms with Crippen LogP contribution in [0.4, 0.5) is 0 Å². The van der Waals surface area contributed by atoms with Gasteiger partial charge in [-0.2, -0.15) is 5.10 Å². The molecule has 5 rings (SSSR count). The van der Waals surface area contributed by atoms with Gasteiger partial charge in [-0.1, -0.05) is 30.3 Å². The number of nitrogens with zero attached hydrogens (tertiary/aromatic N) is 4. The lowest BCUT2D eigenvalue weighted by molar-refractivity contribution is 0.171. The van der Waals surface area contributed by atoms with E-state index in [1.165, 1.54) is 0 Å². The predicted octanol–water partition coefficient (Wildman–Crippen LogP) is 4.02. The van der Waals surface area contributed by atoms with Gasteiger partial charge in [-0.05, 0) is 32.0 Å². The number of imidazole rings is 1. The fourth-order valence-corrected chi connectivity index (χ4v) is 3.61. The lowest BCUT2D eigenvalue weighted by atomic mass is 10.0. The van der Waals surface area contributed by atoms with E-state index in [4.69, 9.17) is 14.5 Å². The van der Waals surface area contributed by atoms with Gasteiger partial charge in [0.1, 0.15) is 19.0 Å². The monoisotopic (exact) mass is 387 g/mol. The van der Waals surface area contributed by atoms with Gasteiger partial charge in [0, 0.05) is 11.1 Å². The number of nitrogens with one attached hydrogen (secondary N) is 1. The van der Waals surface area contributed by atoms with Crippen LogP contribution in [0.25, 0.3) is 22.5 Å². The molecule has 2 aromatic heterocycles. The third-order valence-electron chi connectivity index (χ3n) is 5.06.